The molecule has 0 radical (unpaired) electrons. The molecule has 2 aromatic carbocycles. The maximum absolute atomic E-state index is 13.7. The second kappa shape index (κ2) is 11.1. The zero-order valence-electron chi connectivity index (χ0n) is 19.2. The minimum Gasteiger partial charge on any atom is -0.366 e. The highest BCUT2D eigenvalue weighted by molar-refractivity contribution is 7.99. The Morgan fingerprint density at radius 2 is 1.82 bits per heavy atom. The lowest BCUT2D eigenvalue weighted by Gasteiger charge is -2.32. The molecule has 1 aliphatic heterocycles. The van der Waals surface area contributed by atoms with E-state index in [2.05, 4.69) is 5.32 Å². The number of hydrogen-bond acceptors (Lipinski definition) is 5. The Morgan fingerprint density at radius 3 is 2.53 bits per heavy atom. The van der Waals surface area contributed by atoms with Crippen LogP contribution in [0.25, 0.3) is 0 Å². The van der Waals surface area contributed by atoms with E-state index in [0.717, 1.165) is 36.1 Å². The third-order valence-electron chi connectivity index (χ3n) is 6.62. The lowest BCUT2D eigenvalue weighted by molar-refractivity contribution is -0.127. The van der Waals surface area contributed by atoms with E-state index in [0.29, 0.717) is 35.9 Å². The van der Waals surface area contributed by atoms with E-state index in [-0.39, 0.29) is 11.8 Å². The Labute approximate surface area is 204 Å². The van der Waals surface area contributed by atoms with Crippen molar-refractivity contribution in [2.24, 2.45) is 17.4 Å². The average Bonchev–Trinajstić information content (AvgIpc) is 2.97. The summed E-state index contributed by atoms with van der Waals surface area (Å²) < 4.78 is 0. The van der Waals surface area contributed by atoms with E-state index in [9.17, 15) is 14.4 Å². The van der Waals surface area contributed by atoms with Crippen LogP contribution in [0, 0.1) is 5.92 Å². The number of anilines is 1. The first-order valence-corrected chi connectivity index (χ1v) is 12.9. The first kappa shape index (κ1) is 24.3. The summed E-state index contributed by atoms with van der Waals surface area (Å²) >= 11 is 1.50. The highest BCUT2D eigenvalue weighted by Crippen LogP contribution is 2.37. The van der Waals surface area contributed by atoms with Crippen molar-refractivity contribution in [2.45, 2.75) is 55.5 Å². The molecule has 0 saturated heterocycles. The number of thioether (sulfide) groups is 1. The van der Waals surface area contributed by atoms with Crippen molar-refractivity contribution in [2.75, 3.05) is 17.2 Å². The molecule has 2 aliphatic rings. The van der Waals surface area contributed by atoms with Gasteiger partial charge in [-0.1, -0.05) is 49.6 Å². The molecule has 4 rings (SSSR count). The average molecular weight is 481 g/mol. The van der Waals surface area contributed by atoms with E-state index in [1.165, 1.54) is 18.2 Å². The van der Waals surface area contributed by atoms with Gasteiger partial charge >= 0.3 is 0 Å². The summed E-state index contributed by atoms with van der Waals surface area (Å²) in [7, 11) is 0. The quantitative estimate of drug-likeness (QED) is 0.563. The van der Waals surface area contributed by atoms with Crippen LogP contribution in [0.1, 0.15) is 48.0 Å². The number of benzene rings is 2. The molecule has 0 spiro atoms. The molecule has 0 bridgehead atoms. The molecule has 2 aromatic rings. The van der Waals surface area contributed by atoms with Gasteiger partial charge in [0.25, 0.3) is 0 Å². The number of nitrogens with two attached hydrogens (primary N) is 2. The third-order valence-corrected chi connectivity index (χ3v) is 7.78. The van der Waals surface area contributed by atoms with Gasteiger partial charge in [0.1, 0.15) is 6.04 Å². The topological polar surface area (TPSA) is 119 Å². The second-order valence-corrected chi connectivity index (χ2v) is 10.2. The van der Waals surface area contributed by atoms with Crippen molar-refractivity contribution < 1.29 is 14.4 Å². The monoisotopic (exact) mass is 480 g/mol. The number of fused-ring (bicyclic) bond motifs is 1. The number of carbonyl (C=O) groups excluding carboxylic acids is 3. The summed E-state index contributed by atoms with van der Waals surface area (Å²) in [5, 5.41) is 2.90. The van der Waals surface area contributed by atoms with Crippen LogP contribution in [-0.2, 0) is 16.0 Å². The van der Waals surface area contributed by atoms with Gasteiger partial charge < -0.3 is 21.7 Å². The fourth-order valence-corrected chi connectivity index (χ4v) is 5.77. The van der Waals surface area contributed by atoms with Crippen LogP contribution in [0.3, 0.4) is 0 Å². The van der Waals surface area contributed by atoms with Crippen molar-refractivity contribution >= 4 is 35.2 Å². The van der Waals surface area contributed by atoms with E-state index >= 15 is 0 Å². The van der Waals surface area contributed by atoms with Crippen molar-refractivity contribution in [3.8, 4) is 0 Å². The number of nitrogens with zero attached hydrogens (tertiary/aromatic N) is 1. The largest absolute Gasteiger partial charge is 0.366 e. The van der Waals surface area contributed by atoms with Crippen LogP contribution in [0.15, 0.2) is 53.4 Å². The molecule has 34 heavy (non-hydrogen) atoms. The zero-order valence-corrected chi connectivity index (χ0v) is 20.1. The maximum Gasteiger partial charge on any atom is 0.250 e. The molecule has 180 valence electrons. The number of nitrogens with one attached hydrogen (secondary N) is 1. The summed E-state index contributed by atoms with van der Waals surface area (Å²) in [6.45, 7) is 0.567. The maximum atomic E-state index is 13.7. The van der Waals surface area contributed by atoms with Gasteiger partial charge in [-0.25, -0.2) is 0 Å². The lowest BCUT2D eigenvalue weighted by atomic mass is 9.88. The SMILES string of the molecule is NC(=O)c1ccc2c(c1)N(CC1CCCCC1)C(=O)[C@@H](NC(=O)[C@@H](N)Cc1ccccc1)CS2. The number of rotatable bonds is 7. The van der Waals surface area contributed by atoms with E-state index in [4.69, 9.17) is 11.5 Å². The Morgan fingerprint density at radius 1 is 1.09 bits per heavy atom. The van der Waals surface area contributed by atoms with Crippen LogP contribution >= 0.6 is 11.8 Å². The number of carbonyl (C=O) groups is 3. The normalized spacial score (nSPS) is 19.7. The Hall–Kier alpha value is -2.84. The number of primary amides is 1. The molecule has 1 heterocycles. The number of amides is 3. The second-order valence-electron chi connectivity index (χ2n) is 9.17. The predicted octanol–water partition coefficient (Wildman–Crippen LogP) is 2.86. The fourth-order valence-electron chi connectivity index (χ4n) is 4.71. The first-order chi connectivity index (χ1) is 16.4. The molecular weight excluding hydrogens is 448 g/mol. The van der Waals surface area contributed by atoms with Gasteiger partial charge in [0.2, 0.25) is 17.7 Å². The summed E-state index contributed by atoms with van der Waals surface area (Å²) in [5.41, 5.74) is 13.7. The number of hydrogen-bond donors (Lipinski definition) is 3. The van der Waals surface area contributed by atoms with Gasteiger partial charge in [-0.3, -0.25) is 14.4 Å². The summed E-state index contributed by atoms with van der Waals surface area (Å²) in [5.74, 6) is -0.253. The molecule has 1 fully saturated rings. The van der Waals surface area contributed by atoms with Gasteiger partial charge in [0, 0.05) is 22.8 Å². The molecule has 2 atom stereocenters. The molecule has 0 unspecified atom stereocenters. The molecule has 3 amide bonds. The molecule has 0 aromatic heterocycles. The summed E-state index contributed by atoms with van der Waals surface area (Å²) in [6.07, 6.45) is 6.07. The minimum absolute atomic E-state index is 0.168. The smallest absolute Gasteiger partial charge is 0.250 e. The molecular formula is C26H32N4O3S. The lowest BCUT2D eigenvalue weighted by Crippen LogP contribution is -2.54. The van der Waals surface area contributed by atoms with Crippen molar-refractivity contribution in [3.05, 3.63) is 59.7 Å². The van der Waals surface area contributed by atoms with Gasteiger partial charge in [-0.2, -0.15) is 0 Å². The van der Waals surface area contributed by atoms with E-state index in [1.807, 2.05) is 36.4 Å². The van der Waals surface area contributed by atoms with Crippen LogP contribution in [0.4, 0.5) is 5.69 Å². The van der Waals surface area contributed by atoms with Crippen molar-refractivity contribution in [1.82, 2.24) is 5.32 Å². The van der Waals surface area contributed by atoms with Crippen LogP contribution in [0.5, 0.6) is 0 Å². The van der Waals surface area contributed by atoms with Crippen LogP contribution in [0.2, 0.25) is 0 Å². The van der Waals surface area contributed by atoms with E-state index < -0.39 is 18.0 Å². The Bertz CT molecular complexity index is 1040. The van der Waals surface area contributed by atoms with Gasteiger partial charge in [0.05, 0.1) is 11.7 Å². The molecule has 1 aliphatic carbocycles. The predicted molar refractivity (Wildman–Crippen MR) is 135 cm³/mol. The van der Waals surface area contributed by atoms with Crippen LogP contribution < -0.4 is 21.7 Å². The molecule has 1 saturated carbocycles. The first-order valence-electron chi connectivity index (χ1n) is 11.9. The van der Waals surface area contributed by atoms with E-state index in [1.54, 1.807) is 17.0 Å². The molecule has 8 heteroatoms. The van der Waals surface area contributed by atoms with Gasteiger partial charge in [-0.05, 0) is 48.9 Å². The zero-order chi connectivity index (χ0) is 24.1. The fraction of sp³-hybridized carbons (Fsp3) is 0.423. The van der Waals surface area contributed by atoms with Gasteiger partial charge in [0.15, 0.2) is 0 Å². The third kappa shape index (κ3) is 5.80. The summed E-state index contributed by atoms with van der Waals surface area (Å²) in [6, 6.07) is 13.4. The molecule has 7 nitrogen and oxygen atoms in total. The highest BCUT2D eigenvalue weighted by Gasteiger charge is 2.34. The highest BCUT2D eigenvalue weighted by atomic mass is 32.2. The molecule has 5 N–H and O–H groups in total. The Kier molecular flexibility index (Phi) is 7.90. The summed E-state index contributed by atoms with van der Waals surface area (Å²) in [4.78, 5) is 41.1. The van der Waals surface area contributed by atoms with Crippen molar-refractivity contribution in [3.63, 3.8) is 0 Å². The van der Waals surface area contributed by atoms with Crippen LogP contribution in [-0.4, -0.2) is 42.1 Å². The van der Waals surface area contributed by atoms with Crippen molar-refractivity contribution in [1.29, 1.82) is 0 Å². The minimum atomic E-state index is -0.751. The standard InChI is InChI=1S/C26H32N4O3S/c27-20(13-17-7-3-1-4-8-17)25(32)29-21-16-34-23-12-11-19(24(28)31)14-22(23)30(26(21)33)15-18-9-5-2-6-10-18/h1,3-4,7-8,11-12,14,18,20-21H,2,5-6,9-10,13,15-16,27H2,(H2,28,31)(H,29,32)/t20-,21-/m0/s1. The van der Waals surface area contributed by atoms with Gasteiger partial charge in [-0.15, -0.1) is 11.8 Å². The Balaban J connectivity index is 1.54.